The van der Waals surface area contributed by atoms with Crippen molar-refractivity contribution in [2.24, 2.45) is 0 Å². The van der Waals surface area contributed by atoms with Crippen molar-refractivity contribution in [3.8, 4) is 11.1 Å². The van der Waals surface area contributed by atoms with E-state index in [0.717, 1.165) is 49.3 Å². The largest absolute Gasteiger partial charge is 0.381 e. The summed E-state index contributed by atoms with van der Waals surface area (Å²) >= 11 is 0. The second-order valence-electron chi connectivity index (χ2n) is 10.5. The fourth-order valence-corrected chi connectivity index (χ4v) is 6.79. The quantitative estimate of drug-likeness (QED) is 0.402. The Hall–Kier alpha value is -3.30. The maximum Gasteiger partial charge on any atom is 0.251 e. The van der Waals surface area contributed by atoms with Gasteiger partial charge in [-0.15, -0.1) is 0 Å². The van der Waals surface area contributed by atoms with Crippen LogP contribution in [0, 0.1) is 0 Å². The number of nitrogens with one attached hydrogen (secondary N) is 1. The highest BCUT2D eigenvalue weighted by Crippen LogP contribution is 2.31. The molecule has 3 aromatic carbocycles. The molecule has 0 bridgehead atoms. The minimum absolute atomic E-state index is 0.109. The van der Waals surface area contributed by atoms with Gasteiger partial charge in [-0.05, 0) is 84.5 Å². The number of benzene rings is 3. The van der Waals surface area contributed by atoms with Crippen LogP contribution in [0.4, 0.5) is 5.69 Å². The third-order valence-corrected chi connectivity index (χ3v) is 9.45. The first-order valence-corrected chi connectivity index (χ1v) is 15.3. The number of ether oxygens (including phenoxy) is 2. The van der Waals surface area contributed by atoms with Crippen molar-refractivity contribution in [3.05, 3.63) is 89.0 Å². The molecular formula is C32H36N2O5S. The molecule has 2 heterocycles. The molecule has 1 amide bonds. The van der Waals surface area contributed by atoms with Crippen molar-refractivity contribution >= 4 is 27.5 Å². The van der Waals surface area contributed by atoms with E-state index in [2.05, 4.69) is 17.3 Å². The Bertz CT molecular complexity index is 1470. The van der Waals surface area contributed by atoms with Crippen LogP contribution in [0.15, 0.2) is 77.2 Å². The molecule has 7 nitrogen and oxygen atoms in total. The van der Waals surface area contributed by atoms with E-state index in [1.54, 1.807) is 19.3 Å². The Morgan fingerprint density at radius 3 is 2.35 bits per heavy atom. The smallest absolute Gasteiger partial charge is 0.251 e. The highest BCUT2D eigenvalue weighted by Gasteiger charge is 2.25. The molecule has 2 aliphatic rings. The zero-order valence-electron chi connectivity index (χ0n) is 23.1. The molecule has 210 valence electrons. The number of hydrogen-bond donors (Lipinski definition) is 1. The molecule has 5 rings (SSSR count). The van der Waals surface area contributed by atoms with E-state index in [4.69, 9.17) is 9.47 Å². The van der Waals surface area contributed by atoms with Crippen LogP contribution >= 0.6 is 0 Å². The highest BCUT2D eigenvalue weighted by molar-refractivity contribution is 7.91. The summed E-state index contributed by atoms with van der Waals surface area (Å²) in [7, 11) is 0.275. The molecular weight excluding hydrogens is 524 g/mol. The van der Waals surface area contributed by atoms with E-state index < -0.39 is 9.84 Å². The monoisotopic (exact) mass is 560 g/mol. The van der Waals surface area contributed by atoms with Crippen LogP contribution < -0.4 is 5.32 Å². The van der Waals surface area contributed by atoms with Crippen molar-refractivity contribution in [3.63, 3.8) is 0 Å². The number of carbonyl (C=O) groups excluding carboxylic acids is 1. The number of hydrogen-bond acceptors (Lipinski definition) is 6. The molecule has 1 N–H and O–H groups in total. The number of methoxy groups -OCH3 is 1. The molecule has 0 radical (unpaired) electrons. The van der Waals surface area contributed by atoms with Gasteiger partial charge in [0, 0.05) is 44.2 Å². The Balaban J connectivity index is 1.31. The molecule has 0 aromatic heterocycles. The van der Waals surface area contributed by atoms with E-state index in [1.165, 1.54) is 5.56 Å². The summed E-state index contributed by atoms with van der Waals surface area (Å²) in [6.45, 7) is 2.98. The molecule has 40 heavy (non-hydrogen) atoms. The number of nitrogens with zero attached hydrogens (tertiary/aromatic N) is 1. The number of sulfone groups is 1. The van der Waals surface area contributed by atoms with Crippen LogP contribution in [0.2, 0.25) is 0 Å². The van der Waals surface area contributed by atoms with Gasteiger partial charge in [0.2, 0.25) is 0 Å². The molecule has 3 aromatic rings. The molecule has 2 aliphatic heterocycles. The fraction of sp³-hybridized carbons (Fsp3) is 0.344. The summed E-state index contributed by atoms with van der Waals surface area (Å²) in [5, 5.41) is 2.96. The molecule has 0 spiro atoms. The average Bonchev–Trinajstić information content (AvgIpc) is 3.10. The fourth-order valence-electron chi connectivity index (χ4n) is 5.33. The van der Waals surface area contributed by atoms with Gasteiger partial charge >= 0.3 is 0 Å². The highest BCUT2D eigenvalue weighted by atomic mass is 32.2. The van der Waals surface area contributed by atoms with Gasteiger partial charge in [0.15, 0.2) is 9.84 Å². The van der Waals surface area contributed by atoms with E-state index in [0.29, 0.717) is 29.5 Å². The first-order chi connectivity index (χ1) is 19.3. The van der Waals surface area contributed by atoms with Crippen LogP contribution in [0.25, 0.3) is 17.2 Å². The molecule has 0 atom stereocenters. The molecule has 1 saturated heterocycles. The minimum Gasteiger partial charge on any atom is -0.381 e. The van der Waals surface area contributed by atoms with E-state index in [9.17, 15) is 13.2 Å². The normalized spacial score (nSPS) is 17.1. The lowest BCUT2D eigenvalue weighted by atomic mass is 10.00. The summed E-state index contributed by atoms with van der Waals surface area (Å²) in [6, 6.07) is 21.6. The summed E-state index contributed by atoms with van der Waals surface area (Å²) < 4.78 is 36.7. The molecule has 0 unspecified atom stereocenters. The molecule has 1 fully saturated rings. The topological polar surface area (TPSA) is 84.9 Å². The van der Waals surface area contributed by atoms with E-state index >= 15 is 0 Å². The Kier molecular flexibility index (Phi) is 8.81. The van der Waals surface area contributed by atoms with Crippen LogP contribution in [-0.4, -0.2) is 58.4 Å². The molecule has 8 heteroatoms. The van der Waals surface area contributed by atoms with Gasteiger partial charge in [0.1, 0.15) is 0 Å². The second kappa shape index (κ2) is 12.5. The van der Waals surface area contributed by atoms with Gasteiger partial charge < -0.3 is 14.8 Å². The van der Waals surface area contributed by atoms with Crippen LogP contribution in [-0.2, 0) is 37.3 Å². The lowest BCUT2D eigenvalue weighted by Gasteiger charge is -2.31. The first-order valence-electron chi connectivity index (χ1n) is 13.7. The van der Waals surface area contributed by atoms with Crippen LogP contribution in [0.3, 0.4) is 0 Å². The lowest BCUT2D eigenvalue weighted by molar-refractivity contribution is -0.112. The van der Waals surface area contributed by atoms with Gasteiger partial charge in [-0.25, -0.2) is 8.42 Å². The number of anilines is 1. The second-order valence-corrected chi connectivity index (χ2v) is 12.6. The van der Waals surface area contributed by atoms with Gasteiger partial charge in [0.25, 0.3) is 5.91 Å². The minimum atomic E-state index is -3.52. The third-order valence-electron chi connectivity index (χ3n) is 7.66. The van der Waals surface area contributed by atoms with Gasteiger partial charge in [0.05, 0.1) is 17.3 Å². The lowest BCUT2D eigenvalue weighted by Crippen LogP contribution is -2.36. The van der Waals surface area contributed by atoms with E-state index in [1.807, 2.05) is 60.7 Å². The predicted molar refractivity (Wildman–Crippen MR) is 158 cm³/mol. The van der Waals surface area contributed by atoms with Gasteiger partial charge in [-0.3, -0.25) is 9.69 Å². The summed E-state index contributed by atoms with van der Waals surface area (Å²) in [5.74, 6) is -0.397. The van der Waals surface area contributed by atoms with Gasteiger partial charge in [-0.1, -0.05) is 42.5 Å². The first kappa shape index (κ1) is 28.2. The third kappa shape index (κ3) is 6.70. The zero-order chi connectivity index (χ0) is 28.1. The molecule has 0 aliphatic carbocycles. The Labute approximate surface area is 236 Å². The van der Waals surface area contributed by atoms with Crippen molar-refractivity contribution in [1.82, 2.24) is 4.90 Å². The number of amides is 1. The number of carbonyl (C=O) groups is 1. The van der Waals surface area contributed by atoms with Crippen molar-refractivity contribution < 1.29 is 22.7 Å². The summed E-state index contributed by atoms with van der Waals surface area (Å²) in [4.78, 5) is 15.9. The maximum atomic E-state index is 13.3. The van der Waals surface area contributed by atoms with Gasteiger partial charge in [-0.2, -0.15) is 0 Å². The van der Waals surface area contributed by atoms with Crippen molar-refractivity contribution in [2.45, 2.75) is 43.4 Å². The average molecular weight is 561 g/mol. The van der Waals surface area contributed by atoms with E-state index in [-0.39, 0.29) is 23.0 Å². The summed E-state index contributed by atoms with van der Waals surface area (Å²) in [5.41, 5.74) is 5.74. The van der Waals surface area contributed by atoms with Crippen molar-refractivity contribution in [2.75, 3.05) is 38.4 Å². The van der Waals surface area contributed by atoms with Crippen molar-refractivity contribution in [1.29, 1.82) is 0 Å². The SMILES string of the molecule is COCc1ccc(-c2ccc3c(c2)C=C(C(=O)Nc2ccc(CN(C)C4CCOCC4)cc2)CCS3(=O)=O)cc1. The Morgan fingerprint density at radius 1 is 0.975 bits per heavy atom. The summed E-state index contributed by atoms with van der Waals surface area (Å²) in [6.07, 6.45) is 3.95. The number of fused-ring (bicyclic) bond motifs is 1. The standard InChI is InChI=1S/C32H36N2O5S/c1-34(30-13-16-39-17-14-30)21-23-5-10-29(11-6-23)33-32(35)27-15-18-40(36,37)31-12-9-26(19-28(31)20-27)25-7-3-24(4-8-25)22-38-2/h3-12,19-20,30H,13-18,21-22H2,1-2H3,(H,33,35). The van der Waals surface area contributed by atoms with Crippen LogP contribution in [0.5, 0.6) is 0 Å². The number of rotatable bonds is 8. The predicted octanol–water partition coefficient (Wildman–Crippen LogP) is 5.31. The zero-order valence-corrected chi connectivity index (χ0v) is 23.9. The van der Waals surface area contributed by atoms with Crippen LogP contribution in [0.1, 0.15) is 36.0 Å². The molecule has 0 saturated carbocycles. The maximum absolute atomic E-state index is 13.3. The Morgan fingerprint density at radius 2 is 1.65 bits per heavy atom.